The Balaban J connectivity index is 1.54. The third-order valence-corrected chi connectivity index (χ3v) is 8.63. The molecule has 5 fully saturated rings. The van der Waals surface area contributed by atoms with E-state index < -0.39 is 0 Å². The summed E-state index contributed by atoms with van der Waals surface area (Å²) in [6.45, 7) is 3.37. The van der Waals surface area contributed by atoms with Crippen molar-refractivity contribution in [1.29, 1.82) is 0 Å². The zero-order valence-electron chi connectivity index (χ0n) is 13.9. The lowest BCUT2D eigenvalue weighted by atomic mass is 9.47. The molecule has 2 nitrogen and oxygen atoms in total. The van der Waals surface area contributed by atoms with Gasteiger partial charge >= 0.3 is 0 Å². The number of hydrogen-bond acceptors (Lipinski definition) is 2. The molecular formula is C20H30O2. The molecule has 0 unspecified atom stereocenters. The molecule has 2 heterocycles. The third-order valence-electron chi connectivity index (χ3n) is 8.63. The highest BCUT2D eigenvalue weighted by atomic mass is 16.5. The van der Waals surface area contributed by atoms with Crippen molar-refractivity contribution in [2.24, 2.45) is 28.6 Å². The minimum Gasteiger partial charge on any atom is -0.393 e. The van der Waals surface area contributed by atoms with Gasteiger partial charge in [-0.15, -0.1) is 0 Å². The monoisotopic (exact) mass is 302 g/mol. The van der Waals surface area contributed by atoms with Gasteiger partial charge in [-0.25, -0.2) is 0 Å². The molecule has 0 amide bonds. The Morgan fingerprint density at radius 1 is 1.09 bits per heavy atom. The van der Waals surface area contributed by atoms with Crippen molar-refractivity contribution in [3.63, 3.8) is 0 Å². The van der Waals surface area contributed by atoms with Gasteiger partial charge in [-0.2, -0.15) is 0 Å². The van der Waals surface area contributed by atoms with Crippen LogP contribution in [-0.2, 0) is 4.74 Å². The molecular weight excluding hydrogens is 272 g/mol. The molecule has 0 aromatic carbocycles. The van der Waals surface area contributed by atoms with Crippen molar-refractivity contribution in [3.8, 4) is 0 Å². The summed E-state index contributed by atoms with van der Waals surface area (Å²) in [7, 11) is 0. The average molecular weight is 302 g/mol. The normalized spacial score (nSPS) is 56.6. The van der Waals surface area contributed by atoms with E-state index in [2.05, 4.69) is 13.0 Å². The van der Waals surface area contributed by atoms with Crippen LogP contribution in [0.5, 0.6) is 0 Å². The predicted octanol–water partition coefficient (Wildman–Crippen LogP) is 4.08. The molecule has 3 saturated carbocycles. The molecule has 4 aliphatic carbocycles. The Morgan fingerprint density at radius 3 is 2.91 bits per heavy atom. The number of hydrogen-bond donors (Lipinski definition) is 1. The van der Waals surface area contributed by atoms with Gasteiger partial charge in [0.1, 0.15) is 0 Å². The minimum absolute atomic E-state index is 0.0467. The average Bonchev–Trinajstić information content (AvgIpc) is 2.71. The van der Waals surface area contributed by atoms with Crippen LogP contribution in [0.2, 0.25) is 0 Å². The molecule has 1 spiro atoms. The molecule has 2 bridgehead atoms. The highest BCUT2D eigenvalue weighted by Gasteiger charge is 2.60. The Morgan fingerprint density at radius 2 is 2.00 bits per heavy atom. The first-order valence-corrected chi connectivity index (χ1v) is 9.63. The first-order chi connectivity index (χ1) is 10.6. The number of aliphatic hydroxyl groups excluding tert-OH is 1. The van der Waals surface area contributed by atoms with Crippen molar-refractivity contribution >= 4 is 0 Å². The van der Waals surface area contributed by atoms with Crippen molar-refractivity contribution in [2.75, 3.05) is 6.61 Å². The molecule has 0 radical (unpaired) electrons. The number of allylic oxidation sites excluding steroid dienone is 1. The van der Waals surface area contributed by atoms with Gasteiger partial charge in [-0.3, -0.25) is 0 Å². The number of fused-ring (bicyclic) bond motifs is 6. The summed E-state index contributed by atoms with van der Waals surface area (Å²) in [5.74, 6) is 2.46. The molecule has 6 aliphatic rings. The lowest BCUT2D eigenvalue weighted by Crippen LogP contribution is -2.51. The standard InChI is InChI=1S/C20H30O2/c1-19-8-7-17-15(16(19)4-5-18(19)21)3-2-13-12-14-6-9-20(13,17)10-11-22-14/h2,14-18,21H,3-12H2,1H3/t14-,15-,16-,17-,18-,19-,20+/m0/s1. The van der Waals surface area contributed by atoms with Crippen molar-refractivity contribution < 1.29 is 9.84 Å². The molecule has 2 saturated heterocycles. The first-order valence-electron chi connectivity index (χ1n) is 9.63. The van der Waals surface area contributed by atoms with E-state index >= 15 is 0 Å². The maximum atomic E-state index is 10.5. The third kappa shape index (κ3) is 1.64. The van der Waals surface area contributed by atoms with Gasteiger partial charge in [0.15, 0.2) is 0 Å². The predicted molar refractivity (Wildman–Crippen MR) is 86.4 cm³/mol. The Hall–Kier alpha value is -0.340. The van der Waals surface area contributed by atoms with E-state index in [1.807, 2.05) is 0 Å². The molecule has 2 heteroatoms. The quantitative estimate of drug-likeness (QED) is 0.683. The van der Waals surface area contributed by atoms with E-state index in [1.54, 1.807) is 5.57 Å². The van der Waals surface area contributed by atoms with Crippen LogP contribution >= 0.6 is 0 Å². The molecule has 1 N–H and O–H groups in total. The lowest BCUT2D eigenvalue weighted by molar-refractivity contribution is -0.0702. The Labute approximate surface area is 134 Å². The number of aliphatic hydroxyl groups is 1. The molecule has 2 aliphatic heterocycles. The molecule has 22 heavy (non-hydrogen) atoms. The fourth-order valence-electron chi connectivity index (χ4n) is 7.41. The Kier molecular flexibility index (Phi) is 2.94. The van der Waals surface area contributed by atoms with E-state index in [0.29, 0.717) is 11.5 Å². The highest BCUT2D eigenvalue weighted by molar-refractivity contribution is 5.27. The molecule has 0 aromatic heterocycles. The highest BCUT2D eigenvalue weighted by Crippen LogP contribution is 2.66. The van der Waals surface area contributed by atoms with E-state index in [0.717, 1.165) is 30.8 Å². The van der Waals surface area contributed by atoms with Gasteiger partial charge < -0.3 is 9.84 Å². The maximum absolute atomic E-state index is 10.5. The summed E-state index contributed by atoms with van der Waals surface area (Å²) in [5.41, 5.74) is 2.46. The summed E-state index contributed by atoms with van der Waals surface area (Å²) in [4.78, 5) is 0. The van der Waals surface area contributed by atoms with Crippen LogP contribution < -0.4 is 0 Å². The largest absolute Gasteiger partial charge is 0.393 e. The van der Waals surface area contributed by atoms with Gasteiger partial charge in [0.05, 0.1) is 12.2 Å². The maximum Gasteiger partial charge on any atom is 0.0612 e. The molecule has 122 valence electrons. The van der Waals surface area contributed by atoms with Gasteiger partial charge in [-0.05, 0) is 86.4 Å². The van der Waals surface area contributed by atoms with Crippen molar-refractivity contribution in [2.45, 2.75) is 76.9 Å². The van der Waals surface area contributed by atoms with Crippen LogP contribution in [0.25, 0.3) is 0 Å². The summed E-state index contributed by atoms with van der Waals surface area (Å²) in [6, 6.07) is 0. The number of ether oxygens (including phenoxy) is 1. The van der Waals surface area contributed by atoms with Crippen LogP contribution in [0.3, 0.4) is 0 Å². The molecule has 0 aromatic rings. The van der Waals surface area contributed by atoms with Gasteiger partial charge in [0.25, 0.3) is 0 Å². The van der Waals surface area contributed by atoms with E-state index in [4.69, 9.17) is 4.74 Å². The summed E-state index contributed by atoms with van der Waals surface area (Å²) in [6.07, 6.45) is 14.4. The fraction of sp³-hybridized carbons (Fsp3) is 0.900. The van der Waals surface area contributed by atoms with Crippen LogP contribution in [-0.4, -0.2) is 23.9 Å². The van der Waals surface area contributed by atoms with Crippen LogP contribution in [0, 0.1) is 28.6 Å². The fourth-order valence-corrected chi connectivity index (χ4v) is 7.41. The van der Waals surface area contributed by atoms with Gasteiger partial charge in [-0.1, -0.05) is 18.6 Å². The van der Waals surface area contributed by atoms with E-state index in [1.165, 1.54) is 51.4 Å². The zero-order chi connectivity index (χ0) is 14.9. The number of rotatable bonds is 0. The van der Waals surface area contributed by atoms with Crippen LogP contribution in [0.15, 0.2) is 11.6 Å². The molecule has 7 atom stereocenters. The summed E-state index contributed by atoms with van der Waals surface area (Å²) < 4.78 is 6.10. The van der Waals surface area contributed by atoms with Crippen molar-refractivity contribution in [3.05, 3.63) is 11.6 Å². The van der Waals surface area contributed by atoms with E-state index in [9.17, 15) is 5.11 Å². The SMILES string of the molecule is C[C@]12CC[C@H]3[C@@H](CC=C4C[C@@H]5CC[C@@]43CCO5)[C@@H]1CC[C@@H]2O. The lowest BCUT2D eigenvalue weighted by Gasteiger charge is -2.58. The second kappa shape index (κ2) is 4.60. The van der Waals surface area contributed by atoms with Crippen molar-refractivity contribution in [1.82, 2.24) is 0 Å². The van der Waals surface area contributed by atoms with Crippen LogP contribution in [0.1, 0.15) is 64.7 Å². The summed E-state index contributed by atoms with van der Waals surface area (Å²) in [5, 5.41) is 10.5. The van der Waals surface area contributed by atoms with E-state index in [-0.39, 0.29) is 11.5 Å². The first kappa shape index (κ1) is 14.0. The zero-order valence-corrected chi connectivity index (χ0v) is 13.9. The van der Waals surface area contributed by atoms with Crippen LogP contribution in [0.4, 0.5) is 0 Å². The second-order valence-electron chi connectivity index (χ2n) is 9.12. The minimum atomic E-state index is -0.0467. The van der Waals surface area contributed by atoms with Gasteiger partial charge in [0.2, 0.25) is 0 Å². The second-order valence-corrected chi connectivity index (χ2v) is 9.12. The Bertz CT molecular complexity index is 508. The smallest absolute Gasteiger partial charge is 0.0612 e. The molecule has 6 rings (SSSR count). The van der Waals surface area contributed by atoms with Gasteiger partial charge in [0, 0.05) is 6.61 Å². The summed E-state index contributed by atoms with van der Waals surface area (Å²) >= 11 is 0. The topological polar surface area (TPSA) is 29.5 Å².